The van der Waals surface area contributed by atoms with Crippen LogP contribution in [0.1, 0.15) is 42.6 Å². The van der Waals surface area contributed by atoms with Crippen LogP contribution in [0.3, 0.4) is 0 Å². The Morgan fingerprint density at radius 2 is 1.86 bits per heavy atom. The predicted molar refractivity (Wildman–Crippen MR) is 114 cm³/mol. The van der Waals surface area contributed by atoms with Gasteiger partial charge in [-0.2, -0.15) is 0 Å². The Hall–Kier alpha value is -2.24. The molecule has 0 saturated carbocycles. The van der Waals surface area contributed by atoms with Gasteiger partial charge in [0.05, 0.1) is 23.4 Å². The summed E-state index contributed by atoms with van der Waals surface area (Å²) in [4.78, 5) is 15.3. The molecule has 2 aromatic rings. The zero-order valence-electron chi connectivity index (χ0n) is 16.6. The van der Waals surface area contributed by atoms with Crippen LogP contribution in [0.25, 0.3) is 0 Å². The number of nitrogens with one attached hydrogen (secondary N) is 1. The molecule has 1 heterocycles. The van der Waals surface area contributed by atoms with Gasteiger partial charge < -0.3 is 15.8 Å². The van der Waals surface area contributed by atoms with E-state index >= 15 is 0 Å². The van der Waals surface area contributed by atoms with Crippen molar-refractivity contribution in [3.05, 3.63) is 58.6 Å². The molecule has 0 spiro atoms. The number of nitrogens with two attached hydrogens (primary N) is 1. The van der Waals surface area contributed by atoms with Crippen molar-refractivity contribution >= 4 is 23.2 Å². The number of halogens is 1. The van der Waals surface area contributed by atoms with Crippen molar-refractivity contribution in [2.75, 3.05) is 12.8 Å². The van der Waals surface area contributed by atoms with Crippen LogP contribution < -0.4 is 15.8 Å². The van der Waals surface area contributed by atoms with E-state index in [0.717, 1.165) is 19.4 Å². The SMILES string of the molecule is COc1cc(N)c(Cl)cc1C(=O)NC1CC(C)N(Cc2ccccc2)C(C)C1. The quantitative estimate of drug-likeness (QED) is 0.740. The van der Waals surface area contributed by atoms with Gasteiger partial charge in [-0.3, -0.25) is 9.69 Å². The van der Waals surface area contributed by atoms with Gasteiger partial charge in [-0.1, -0.05) is 41.9 Å². The second-order valence-electron chi connectivity index (χ2n) is 7.57. The number of carbonyl (C=O) groups is 1. The van der Waals surface area contributed by atoms with E-state index in [1.165, 1.54) is 12.7 Å². The van der Waals surface area contributed by atoms with E-state index in [1.807, 2.05) is 6.07 Å². The fourth-order valence-electron chi connectivity index (χ4n) is 4.03. The molecule has 0 radical (unpaired) electrons. The lowest BCUT2D eigenvalue weighted by molar-refractivity contribution is 0.0671. The summed E-state index contributed by atoms with van der Waals surface area (Å²) in [6, 6.07) is 14.5. The topological polar surface area (TPSA) is 67.6 Å². The van der Waals surface area contributed by atoms with E-state index in [0.29, 0.717) is 34.1 Å². The van der Waals surface area contributed by atoms with Gasteiger partial charge in [0.15, 0.2) is 0 Å². The first kappa shape index (κ1) is 20.5. The Kier molecular flexibility index (Phi) is 6.47. The van der Waals surface area contributed by atoms with Gasteiger partial charge in [0, 0.05) is 30.7 Å². The number of rotatable bonds is 5. The molecule has 2 aromatic carbocycles. The minimum absolute atomic E-state index is 0.102. The highest BCUT2D eigenvalue weighted by Gasteiger charge is 2.32. The lowest BCUT2D eigenvalue weighted by Crippen LogP contribution is -2.52. The van der Waals surface area contributed by atoms with E-state index in [9.17, 15) is 4.79 Å². The molecule has 1 saturated heterocycles. The van der Waals surface area contributed by atoms with Crippen LogP contribution in [-0.4, -0.2) is 36.0 Å². The van der Waals surface area contributed by atoms with Gasteiger partial charge >= 0.3 is 0 Å². The minimum atomic E-state index is -0.181. The molecule has 2 unspecified atom stereocenters. The number of amides is 1. The fourth-order valence-corrected chi connectivity index (χ4v) is 4.19. The molecule has 1 amide bonds. The third kappa shape index (κ3) is 4.59. The summed E-state index contributed by atoms with van der Waals surface area (Å²) in [5.41, 5.74) is 7.93. The number of methoxy groups -OCH3 is 1. The molecule has 0 aromatic heterocycles. The predicted octanol–water partition coefficient (Wildman–Crippen LogP) is 4.10. The van der Waals surface area contributed by atoms with Gasteiger partial charge in [0.25, 0.3) is 5.91 Å². The van der Waals surface area contributed by atoms with Gasteiger partial charge in [-0.25, -0.2) is 0 Å². The number of likely N-dealkylation sites (tertiary alicyclic amines) is 1. The van der Waals surface area contributed by atoms with Crippen molar-refractivity contribution in [1.29, 1.82) is 0 Å². The first-order chi connectivity index (χ1) is 13.4. The lowest BCUT2D eigenvalue weighted by atomic mass is 9.92. The lowest BCUT2D eigenvalue weighted by Gasteiger charge is -2.43. The third-order valence-corrected chi connectivity index (χ3v) is 5.82. The highest BCUT2D eigenvalue weighted by Crippen LogP contribution is 2.30. The Bertz CT molecular complexity index is 816. The average molecular weight is 402 g/mol. The molecular formula is C22H28ClN3O2. The molecule has 1 aliphatic rings. The highest BCUT2D eigenvalue weighted by atomic mass is 35.5. The third-order valence-electron chi connectivity index (χ3n) is 5.49. The molecule has 0 aliphatic carbocycles. The maximum Gasteiger partial charge on any atom is 0.255 e. The number of nitrogen functional groups attached to an aromatic ring is 1. The largest absolute Gasteiger partial charge is 0.496 e. The molecule has 150 valence electrons. The second-order valence-corrected chi connectivity index (χ2v) is 7.98. The molecule has 1 aliphatic heterocycles. The maximum atomic E-state index is 12.8. The van der Waals surface area contributed by atoms with Crippen molar-refractivity contribution in [3.63, 3.8) is 0 Å². The Labute approximate surface area is 171 Å². The number of hydrogen-bond acceptors (Lipinski definition) is 4. The molecule has 5 nitrogen and oxygen atoms in total. The minimum Gasteiger partial charge on any atom is -0.496 e. The fraction of sp³-hybridized carbons (Fsp3) is 0.409. The average Bonchev–Trinajstić information content (AvgIpc) is 2.67. The van der Waals surface area contributed by atoms with Crippen molar-refractivity contribution < 1.29 is 9.53 Å². The van der Waals surface area contributed by atoms with Crippen molar-refractivity contribution in [2.24, 2.45) is 0 Å². The molecule has 0 bridgehead atoms. The summed E-state index contributed by atoms with van der Waals surface area (Å²) in [6.45, 7) is 5.36. The Morgan fingerprint density at radius 1 is 1.21 bits per heavy atom. The number of piperidine rings is 1. The maximum absolute atomic E-state index is 12.8. The number of nitrogens with zero attached hydrogens (tertiary/aromatic N) is 1. The van der Waals surface area contributed by atoms with Gasteiger partial charge in [-0.05, 0) is 38.3 Å². The van der Waals surface area contributed by atoms with E-state index in [4.69, 9.17) is 22.1 Å². The van der Waals surface area contributed by atoms with Crippen LogP contribution in [0.4, 0.5) is 5.69 Å². The summed E-state index contributed by atoms with van der Waals surface area (Å²) in [5, 5.41) is 3.51. The second kappa shape index (κ2) is 8.84. The summed E-state index contributed by atoms with van der Waals surface area (Å²) in [5.74, 6) is 0.252. The van der Waals surface area contributed by atoms with E-state index in [2.05, 4.69) is 48.3 Å². The summed E-state index contributed by atoms with van der Waals surface area (Å²) in [7, 11) is 1.52. The smallest absolute Gasteiger partial charge is 0.255 e. The molecule has 3 N–H and O–H groups in total. The summed E-state index contributed by atoms with van der Waals surface area (Å²) in [6.07, 6.45) is 1.79. The highest BCUT2D eigenvalue weighted by molar-refractivity contribution is 6.33. The van der Waals surface area contributed by atoms with Gasteiger partial charge in [-0.15, -0.1) is 0 Å². The number of hydrogen-bond donors (Lipinski definition) is 2. The van der Waals surface area contributed by atoms with Crippen LogP contribution in [0.15, 0.2) is 42.5 Å². The summed E-state index contributed by atoms with van der Waals surface area (Å²) >= 11 is 6.10. The van der Waals surface area contributed by atoms with Gasteiger partial charge in [0.1, 0.15) is 5.75 Å². The monoisotopic (exact) mass is 401 g/mol. The normalized spacial score (nSPS) is 22.6. The Morgan fingerprint density at radius 3 is 2.46 bits per heavy atom. The number of carbonyl (C=O) groups excluding carboxylic acids is 1. The standard InChI is InChI=1S/C22H28ClN3O2/c1-14-9-17(10-15(2)26(14)13-16-7-5-4-6-8-16)25-22(27)18-11-19(23)20(24)12-21(18)28-3/h4-8,11-12,14-15,17H,9-10,13,24H2,1-3H3,(H,25,27). The zero-order valence-corrected chi connectivity index (χ0v) is 17.4. The van der Waals surface area contributed by atoms with Crippen LogP contribution in [0.5, 0.6) is 5.75 Å². The number of benzene rings is 2. The van der Waals surface area contributed by atoms with Crippen LogP contribution >= 0.6 is 11.6 Å². The van der Waals surface area contributed by atoms with Crippen molar-refractivity contribution in [3.8, 4) is 5.75 Å². The Balaban J connectivity index is 1.67. The molecule has 6 heteroatoms. The van der Waals surface area contributed by atoms with Crippen LogP contribution in [0, 0.1) is 0 Å². The van der Waals surface area contributed by atoms with Gasteiger partial charge in [0.2, 0.25) is 0 Å². The molecule has 2 atom stereocenters. The summed E-state index contributed by atoms with van der Waals surface area (Å²) < 4.78 is 5.31. The van der Waals surface area contributed by atoms with Crippen molar-refractivity contribution in [1.82, 2.24) is 10.2 Å². The van der Waals surface area contributed by atoms with Crippen LogP contribution in [0.2, 0.25) is 5.02 Å². The molecule has 28 heavy (non-hydrogen) atoms. The first-order valence-electron chi connectivity index (χ1n) is 9.62. The van der Waals surface area contributed by atoms with E-state index in [-0.39, 0.29) is 11.9 Å². The number of anilines is 1. The van der Waals surface area contributed by atoms with E-state index in [1.54, 1.807) is 12.1 Å². The number of ether oxygens (including phenoxy) is 1. The van der Waals surface area contributed by atoms with Crippen LogP contribution in [-0.2, 0) is 6.54 Å². The zero-order chi connectivity index (χ0) is 20.3. The molecular weight excluding hydrogens is 374 g/mol. The van der Waals surface area contributed by atoms with Crippen molar-refractivity contribution in [2.45, 2.75) is 51.4 Å². The molecule has 3 rings (SSSR count). The first-order valence-corrected chi connectivity index (χ1v) is 10.0. The molecule has 1 fully saturated rings. The van der Waals surface area contributed by atoms with E-state index < -0.39 is 0 Å².